The normalized spacial score (nSPS) is 10.1. The summed E-state index contributed by atoms with van der Waals surface area (Å²) in [5.74, 6) is -2.05. The molecule has 0 bridgehead atoms. The topological polar surface area (TPSA) is 135 Å². The average molecular weight is 312 g/mol. The minimum atomic E-state index is -1.29. The summed E-state index contributed by atoms with van der Waals surface area (Å²) in [6.07, 6.45) is 0.996. The number of carboxylic acid groups (broad SMARTS) is 1. The summed E-state index contributed by atoms with van der Waals surface area (Å²) in [7, 11) is 0. The monoisotopic (exact) mass is 311 g/mol. The number of carboxylic acids is 1. The van der Waals surface area contributed by atoms with Crippen molar-refractivity contribution in [2.24, 2.45) is 0 Å². The van der Waals surface area contributed by atoms with E-state index in [1.165, 1.54) is 0 Å². The molecule has 10 heteroatoms. The van der Waals surface area contributed by atoms with Crippen molar-refractivity contribution in [1.29, 1.82) is 0 Å². The number of hydrogen-bond donors (Lipinski definition) is 2. The lowest BCUT2D eigenvalue weighted by Crippen LogP contribution is -2.08. The zero-order valence-electron chi connectivity index (χ0n) is 10.1. The van der Waals surface area contributed by atoms with Crippen LogP contribution in [0.2, 0.25) is 5.02 Å². The summed E-state index contributed by atoms with van der Waals surface area (Å²) in [6, 6.07) is 2.97. The van der Waals surface area contributed by atoms with Crippen molar-refractivity contribution in [3.05, 3.63) is 55.6 Å². The molecule has 9 nitrogen and oxygen atoms in total. The lowest BCUT2D eigenvalue weighted by atomic mass is 10.2. The quantitative estimate of drug-likeness (QED) is 0.649. The van der Waals surface area contributed by atoms with E-state index >= 15 is 0 Å². The van der Waals surface area contributed by atoms with Crippen LogP contribution in [0.4, 0.5) is 5.69 Å². The Kier molecular flexibility index (Phi) is 3.85. The highest BCUT2D eigenvalue weighted by atomic mass is 35.5. The third kappa shape index (κ3) is 2.98. The number of nitro benzene ring substituents is 1. The van der Waals surface area contributed by atoms with Crippen LogP contribution in [0.3, 0.4) is 0 Å². The van der Waals surface area contributed by atoms with Crippen LogP contribution in [0.1, 0.15) is 10.4 Å². The molecular formula is C11H6ClN3O6. The third-order valence-corrected chi connectivity index (χ3v) is 2.71. The number of nitrogens with one attached hydrogen (secondary N) is 1. The molecule has 0 fully saturated rings. The number of nitrogens with zero attached hydrogens (tertiary/aromatic N) is 2. The molecule has 1 heterocycles. The highest BCUT2D eigenvalue weighted by Gasteiger charge is 2.20. The minimum Gasteiger partial charge on any atom is -0.478 e. The van der Waals surface area contributed by atoms with Crippen LogP contribution in [-0.4, -0.2) is 26.0 Å². The number of hydrogen-bond acceptors (Lipinski definition) is 6. The predicted molar refractivity (Wildman–Crippen MR) is 70.0 cm³/mol. The molecule has 0 atom stereocenters. The molecule has 1 aromatic heterocycles. The second kappa shape index (κ2) is 5.59. The van der Waals surface area contributed by atoms with Gasteiger partial charge in [-0.25, -0.2) is 9.78 Å². The van der Waals surface area contributed by atoms with Gasteiger partial charge >= 0.3 is 11.7 Å². The Labute approximate surface area is 120 Å². The van der Waals surface area contributed by atoms with Crippen LogP contribution in [0.15, 0.2) is 29.3 Å². The predicted octanol–water partition coefficient (Wildman–Crippen LogP) is 1.82. The van der Waals surface area contributed by atoms with Gasteiger partial charge in [0.05, 0.1) is 16.8 Å². The van der Waals surface area contributed by atoms with E-state index < -0.39 is 27.2 Å². The van der Waals surface area contributed by atoms with Crippen LogP contribution in [0, 0.1) is 10.1 Å². The maximum Gasteiger partial charge on any atom is 0.335 e. The fourth-order valence-corrected chi connectivity index (χ4v) is 1.56. The molecule has 0 aliphatic carbocycles. The van der Waals surface area contributed by atoms with Crippen molar-refractivity contribution >= 4 is 23.3 Å². The van der Waals surface area contributed by atoms with Crippen LogP contribution < -0.4 is 10.3 Å². The van der Waals surface area contributed by atoms with E-state index in [9.17, 15) is 19.7 Å². The Morgan fingerprint density at radius 3 is 2.81 bits per heavy atom. The molecule has 0 aliphatic rings. The van der Waals surface area contributed by atoms with Crippen molar-refractivity contribution < 1.29 is 19.6 Å². The molecule has 0 spiro atoms. The number of benzene rings is 1. The van der Waals surface area contributed by atoms with E-state index in [0.29, 0.717) is 0 Å². The molecule has 0 unspecified atom stereocenters. The number of aromatic carboxylic acids is 1. The number of ether oxygens (including phenoxy) is 1. The van der Waals surface area contributed by atoms with Crippen molar-refractivity contribution in [1.82, 2.24) is 9.97 Å². The van der Waals surface area contributed by atoms with Crippen LogP contribution in [0.25, 0.3) is 0 Å². The van der Waals surface area contributed by atoms with Crippen molar-refractivity contribution in [2.75, 3.05) is 0 Å². The van der Waals surface area contributed by atoms with Gasteiger partial charge in [-0.05, 0) is 6.07 Å². The zero-order chi connectivity index (χ0) is 15.6. The van der Waals surface area contributed by atoms with E-state index in [2.05, 4.69) is 9.97 Å². The van der Waals surface area contributed by atoms with Crippen LogP contribution in [-0.2, 0) is 0 Å². The SMILES string of the molecule is O=C(O)c1ccc([N+](=O)[O-])c(Oc2nc[nH]c(=O)c2Cl)c1. The van der Waals surface area contributed by atoms with E-state index in [4.69, 9.17) is 21.4 Å². The van der Waals surface area contributed by atoms with Crippen LogP contribution >= 0.6 is 11.6 Å². The number of nitro groups is 1. The Hall–Kier alpha value is -2.94. The van der Waals surface area contributed by atoms with Gasteiger partial charge < -0.3 is 14.8 Å². The Morgan fingerprint density at radius 1 is 1.48 bits per heavy atom. The van der Waals surface area contributed by atoms with Gasteiger partial charge in [0.15, 0.2) is 5.02 Å². The molecule has 21 heavy (non-hydrogen) atoms. The number of carbonyl (C=O) groups is 1. The molecule has 2 aromatic rings. The average Bonchev–Trinajstić information content (AvgIpc) is 2.43. The summed E-state index contributed by atoms with van der Waals surface area (Å²) in [5, 5.41) is 19.4. The van der Waals surface area contributed by atoms with Gasteiger partial charge in [-0.15, -0.1) is 0 Å². The first-order chi connectivity index (χ1) is 9.90. The molecule has 2 N–H and O–H groups in total. The zero-order valence-corrected chi connectivity index (χ0v) is 10.8. The molecule has 1 aromatic carbocycles. The summed E-state index contributed by atoms with van der Waals surface area (Å²) in [4.78, 5) is 38.1. The summed E-state index contributed by atoms with van der Waals surface area (Å²) < 4.78 is 5.11. The van der Waals surface area contributed by atoms with E-state index in [0.717, 1.165) is 24.5 Å². The van der Waals surface area contributed by atoms with Gasteiger partial charge in [0.2, 0.25) is 11.6 Å². The first-order valence-corrected chi connectivity index (χ1v) is 5.70. The Balaban J connectivity index is 2.53. The van der Waals surface area contributed by atoms with Crippen LogP contribution in [0.5, 0.6) is 11.6 Å². The number of aromatic amines is 1. The smallest absolute Gasteiger partial charge is 0.335 e. The van der Waals surface area contributed by atoms with Gasteiger partial charge in [0, 0.05) is 12.1 Å². The molecule has 0 radical (unpaired) electrons. The highest BCUT2D eigenvalue weighted by molar-refractivity contribution is 6.31. The lowest BCUT2D eigenvalue weighted by molar-refractivity contribution is -0.385. The largest absolute Gasteiger partial charge is 0.478 e. The third-order valence-electron chi connectivity index (χ3n) is 2.37. The van der Waals surface area contributed by atoms with Gasteiger partial charge in [-0.1, -0.05) is 11.6 Å². The molecule has 0 aliphatic heterocycles. The van der Waals surface area contributed by atoms with Gasteiger partial charge in [0.25, 0.3) is 5.56 Å². The number of H-pyrrole nitrogens is 1. The highest BCUT2D eigenvalue weighted by Crippen LogP contribution is 2.33. The Morgan fingerprint density at radius 2 is 2.19 bits per heavy atom. The number of aromatic nitrogens is 2. The van der Waals surface area contributed by atoms with E-state index in [-0.39, 0.29) is 17.2 Å². The summed E-state index contributed by atoms with van der Waals surface area (Å²) in [5.41, 5.74) is -1.41. The Bertz CT molecular complexity index is 788. The van der Waals surface area contributed by atoms with Gasteiger partial charge in [-0.3, -0.25) is 14.9 Å². The fourth-order valence-electron chi connectivity index (χ4n) is 1.42. The minimum absolute atomic E-state index is 0.225. The van der Waals surface area contributed by atoms with Gasteiger partial charge in [0.1, 0.15) is 0 Å². The second-order valence-electron chi connectivity index (χ2n) is 3.70. The first kappa shape index (κ1) is 14.5. The molecular weight excluding hydrogens is 306 g/mol. The molecule has 108 valence electrons. The van der Waals surface area contributed by atoms with E-state index in [1.54, 1.807) is 0 Å². The van der Waals surface area contributed by atoms with E-state index in [1.807, 2.05) is 0 Å². The lowest BCUT2D eigenvalue weighted by Gasteiger charge is -2.06. The number of rotatable bonds is 4. The van der Waals surface area contributed by atoms with Crippen molar-refractivity contribution in [2.45, 2.75) is 0 Å². The molecule has 0 saturated heterocycles. The molecule has 0 amide bonds. The second-order valence-corrected chi connectivity index (χ2v) is 4.08. The maximum atomic E-state index is 11.3. The number of halogens is 1. The summed E-state index contributed by atoms with van der Waals surface area (Å²) in [6.45, 7) is 0. The summed E-state index contributed by atoms with van der Waals surface area (Å²) >= 11 is 5.66. The van der Waals surface area contributed by atoms with Crippen molar-refractivity contribution in [3.8, 4) is 11.6 Å². The van der Waals surface area contributed by atoms with Crippen molar-refractivity contribution in [3.63, 3.8) is 0 Å². The standard InChI is InChI=1S/C11H6ClN3O6/c12-8-9(16)13-4-14-10(8)21-7-3-5(11(17)18)1-2-6(7)15(19)20/h1-4H,(H,17,18)(H,13,14,16). The van der Waals surface area contributed by atoms with Gasteiger partial charge in [-0.2, -0.15) is 0 Å². The first-order valence-electron chi connectivity index (χ1n) is 5.33. The maximum absolute atomic E-state index is 11.3. The molecule has 0 saturated carbocycles. The molecule has 2 rings (SSSR count). The fraction of sp³-hybridized carbons (Fsp3) is 0.